The van der Waals surface area contributed by atoms with Crippen molar-refractivity contribution in [1.29, 1.82) is 0 Å². The Bertz CT molecular complexity index is 1690. The fourth-order valence-electron chi connectivity index (χ4n) is 9.57. The molecular formula is C76H128O6. The van der Waals surface area contributed by atoms with Crippen LogP contribution in [0.5, 0.6) is 0 Å². The summed E-state index contributed by atoms with van der Waals surface area (Å²) in [5.74, 6) is -0.943. The fraction of sp³-hybridized carbons (Fsp3) is 0.697. The normalized spacial score (nSPS) is 12.9. The molecule has 468 valence electrons. The Morgan fingerprint density at radius 3 is 0.768 bits per heavy atom. The number of carbonyl (C=O) groups excluding carboxylic acids is 3. The van der Waals surface area contributed by atoms with Crippen LogP contribution in [0.1, 0.15) is 323 Å². The molecule has 0 heterocycles. The van der Waals surface area contributed by atoms with Gasteiger partial charge in [0.1, 0.15) is 13.2 Å². The maximum atomic E-state index is 12.9. The summed E-state index contributed by atoms with van der Waals surface area (Å²) in [7, 11) is 0. The Balaban J connectivity index is 4.22. The number of rotatable bonds is 62. The summed E-state index contributed by atoms with van der Waals surface area (Å²) in [6, 6.07) is 0. The van der Waals surface area contributed by atoms with Crippen molar-refractivity contribution in [2.45, 2.75) is 329 Å². The zero-order chi connectivity index (χ0) is 59.2. The minimum Gasteiger partial charge on any atom is -0.462 e. The van der Waals surface area contributed by atoms with E-state index in [1.54, 1.807) is 0 Å². The highest BCUT2D eigenvalue weighted by atomic mass is 16.6. The average molecular weight is 1140 g/mol. The third-order valence-corrected chi connectivity index (χ3v) is 14.7. The van der Waals surface area contributed by atoms with Crippen LogP contribution in [-0.2, 0) is 28.6 Å². The number of hydrogen-bond donors (Lipinski definition) is 0. The van der Waals surface area contributed by atoms with Gasteiger partial charge in [-0.05, 0) is 128 Å². The topological polar surface area (TPSA) is 78.9 Å². The fourth-order valence-corrected chi connectivity index (χ4v) is 9.57. The van der Waals surface area contributed by atoms with Crippen LogP contribution in [0.15, 0.2) is 122 Å². The van der Waals surface area contributed by atoms with E-state index in [0.717, 1.165) is 135 Å². The Morgan fingerprint density at radius 1 is 0.256 bits per heavy atom. The lowest BCUT2D eigenvalue weighted by atomic mass is 10.0. The van der Waals surface area contributed by atoms with Crippen molar-refractivity contribution in [3.05, 3.63) is 122 Å². The molecule has 0 aromatic rings. The molecule has 1 atom stereocenters. The summed E-state index contributed by atoms with van der Waals surface area (Å²) < 4.78 is 16.9. The highest BCUT2D eigenvalue weighted by Crippen LogP contribution is 2.17. The summed E-state index contributed by atoms with van der Waals surface area (Å²) in [6.45, 7) is 6.37. The molecule has 6 heteroatoms. The van der Waals surface area contributed by atoms with Gasteiger partial charge < -0.3 is 14.2 Å². The molecule has 0 rings (SSSR count). The van der Waals surface area contributed by atoms with E-state index in [0.29, 0.717) is 19.3 Å². The number of allylic oxidation sites excluding steroid dienone is 20. The van der Waals surface area contributed by atoms with Crippen molar-refractivity contribution in [1.82, 2.24) is 0 Å². The van der Waals surface area contributed by atoms with Crippen molar-refractivity contribution in [3.8, 4) is 0 Å². The minimum atomic E-state index is -0.804. The third-order valence-electron chi connectivity index (χ3n) is 14.7. The third kappa shape index (κ3) is 66.6. The molecule has 0 aliphatic rings. The Labute approximate surface area is 507 Å². The van der Waals surface area contributed by atoms with Crippen LogP contribution in [0.3, 0.4) is 0 Å². The molecule has 0 bridgehead atoms. The SMILES string of the molecule is CC/C=C\C/C=C\C/C=C\C/C=C\CCCCCCCCCCCCCCCCCCCCCCC(=O)OCC(COC(=O)CCCC/C=C\C/C=C\C/C=C\C/C=C\CC)OC(=O)CCCCCCC/C=C\C/C=C\CCCCCC. The lowest BCUT2D eigenvalue weighted by Crippen LogP contribution is -2.30. The van der Waals surface area contributed by atoms with Crippen molar-refractivity contribution in [2.75, 3.05) is 13.2 Å². The zero-order valence-corrected chi connectivity index (χ0v) is 53.7. The second-order valence-corrected chi connectivity index (χ2v) is 22.7. The number of carbonyl (C=O) groups is 3. The van der Waals surface area contributed by atoms with Gasteiger partial charge >= 0.3 is 17.9 Å². The first-order chi connectivity index (χ1) is 40.5. The maximum absolute atomic E-state index is 12.9. The van der Waals surface area contributed by atoms with Crippen molar-refractivity contribution < 1.29 is 28.6 Å². The second kappa shape index (κ2) is 69.3. The van der Waals surface area contributed by atoms with E-state index in [2.05, 4.69) is 142 Å². The molecule has 82 heavy (non-hydrogen) atoms. The molecule has 0 fully saturated rings. The highest BCUT2D eigenvalue weighted by Gasteiger charge is 2.19. The molecule has 0 aromatic heterocycles. The lowest BCUT2D eigenvalue weighted by molar-refractivity contribution is -0.167. The molecule has 0 aromatic carbocycles. The van der Waals surface area contributed by atoms with Gasteiger partial charge in [0.2, 0.25) is 0 Å². The molecule has 0 spiro atoms. The first-order valence-electron chi connectivity index (χ1n) is 34.5. The van der Waals surface area contributed by atoms with Crippen molar-refractivity contribution in [3.63, 3.8) is 0 Å². The monoisotopic (exact) mass is 1140 g/mol. The predicted molar refractivity (Wildman–Crippen MR) is 357 cm³/mol. The summed E-state index contributed by atoms with van der Waals surface area (Å²) in [4.78, 5) is 38.3. The van der Waals surface area contributed by atoms with Crippen LogP contribution < -0.4 is 0 Å². The van der Waals surface area contributed by atoms with Gasteiger partial charge in [-0.1, -0.05) is 296 Å². The highest BCUT2D eigenvalue weighted by molar-refractivity contribution is 5.71. The van der Waals surface area contributed by atoms with E-state index in [-0.39, 0.29) is 31.1 Å². The standard InChI is InChI=1S/C76H128O6/c1-4-7-10-13-16-19-22-25-28-30-31-32-33-34-35-36-37-38-39-40-41-42-43-44-45-46-49-51-54-57-60-63-66-69-75(78)81-72-73(71-80-74(77)68-65-62-59-56-53-50-47-27-24-21-18-15-12-9-6-3)82-76(79)70-67-64-61-58-55-52-48-29-26-23-20-17-14-11-8-5-2/h7,9-10,12,16,18-21,23,25,27-29,31-32,47-48,53,56,73H,4-6,8,11,13-15,17,22,24,26,30,33-46,49-52,54-55,57-72H2,1-3H3/b10-7-,12-9-,19-16-,21-18-,23-20-,28-25-,32-31-,47-27-,48-29-,56-53-. The summed E-state index contributed by atoms with van der Waals surface area (Å²) in [6.07, 6.45) is 96.7. The molecule has 1 unspecified atom stereocenters. The summed E-state index contributed by atoms with van der Waals surface area (Å²) >= 11 is 0. The smallest absolute Gasteiger partial charge is 0.306 e. The number of unbranched alkanes of at least 4 members (excludes halogenated alkanes) is 31. The van der Waals surface area contributed by atoms with E-state index < -0.39 is 6.10 Å². The van der Waals surface area contributed by atoms with Gasteiger partial charge in [-0.15, -0.1) is 0 Å². The van der Waals surface area contributed by atoms with E-state index >= 15 is 0 Å². The van der Waals surface area contributed by atoms with Crippen LogP contribution in [0.4, 0.5) is 0 Å². The van der Waals surface area contributed by atoms with Gasteiger partial charge in [0, 0.05) is 19.3 Å². The first kappa shape index (κ1) is 77.8. The molecule has 0 saturated heterocycles. The quantitative estimate of drug-likeness (QED) is 0.0261. The zero-order valence-electron chi connectivity index (χ0n) is 53.7. The Hall–Kier alpha value is -4.19. The molecule has 0 aliphatic heterocycles. The van der Waals surface area contributed by atoms with Gasteiger partial charge in [0.25, 0.3) is 0 Å². The van der Waals surface area contributed by atoms with Gasteiger partial charge in [-0.3, -0.25) is 14.4 Å². The van der Waals surface area contributed by atoms with Crippen LogP contribution in [0.2, 0.25) is 0 Å². The average Bonchev–Trinajstić information content (AvgIpc) is 3.47. The summed E-state index contributed by atoms with van der Waals surface area (Å²) in [5.41, 5.74) is 0. The maximum Gasteiger partial charge on any atom is 0.306 e. The first-order valence-corrected chi connectivity index (χ1v) is 34.5. The second-order valence-electron chi connectivity index (χ2n) is 22.7. The van der Waals surface area contributed by atoms with Crippen LogP contribution >= 0.6 is 0 Å². The van der Waals surface area contributed by atoms with Gasteiger partial charge in [0.15, 0.2) is 6.10 Å². The summed E-state index contributed by atoms with van der Waals surface area (Å²) in [5, 5.41) is 0. The van der Waals surface area contributed by atoms with Crippen molar-refractivity contribution >= 4 is 17.9 Å². The predicted octanol–water partition coefficient (Wildman–Crippen LogP) is 23.9. The van der Waals surface area contributed by atoms with E-state index in [9.17, 15) is 14.4 Å². The van der Waals surface area contributed by atoms with Gasteiger partial charge in [-0.25, -0.2) is 0 Å². The number of ether oxygens (including phenoxy) is 3. The van der Waals surface area contributed by atoms with Crippen molar-refractivity contribution in [2.24, 2.45) is 0 Å². The molecule has 0 aliphatic carbocycles. The molecule has 0 N–H and O–H groups in total. The number of hydrogen-bond acceptors (Lipinski definition) is 6. The van der Waals surface area contributed by atoms with Gasteiger partial charge in [0.05, 0.1) is 0 Å². The minimum absolute atomic E-state index is 0.0960. The Kier molecular flexibility index (Phi) is 65.8. The largest absolute Gasteiger partial charge is 0.462 e. The molecule has 0 radical (unpaired) electrons. The number of esters is 3. The molecule has 0 saturated carbocycles. The van der Waals surface area contributed by atoms with Crippen LogP contribution in [0, 0.1) is 0 Å². The van der Waals surface area contributed by atoms with Crippen LogP contribution in [0.25, 0.3) is 0 Å². The van der Waals surface area contributed by atoms with E-state index in [1.807, 2.05) is 0 Å². The van der Waals surface area contributed by atoms with E-state index in [4.69, 9.17) is 14.2 Å². The molecular weight excluding hydrogens is 1010 g/mol. The van der Waals surface area contributed by atoms with Gasteiger partial charge in [-0.2, -0.15) is 0 Å². The molecule has 0 amide bonds. The Morgan fingerprint density at radius 2 is 0.476 bits per heavy atom. The molecule has 6 nitrogen and oxygen atoms in total. The van der Waals surface area contributed by atoms with E-state index in [1.165, 1.54) is 148 Å². The lowest BCUT2D eigenvalue weighted by Gasteiger charge is -2.18. The van der Waals surface area contributed by atoms with Crippen LogP contribution in [-0.4, -0.2) is 37.2 Å².